The number of benzene rings is 1. The lowest BCUT2D eigenvalue weighted by Gasteiger charge is -2.14. The molecule has 0 fully saturated rings. The normalized spacial score (nSPS) is 10.7. The number of rotatable bonds is 6. The van der Waals surface area contributed by atoms with Gasteiger partial charge in [-0.15, -0.1) is 0 Å². The van der Waals surface area contributed by atoms with E-state index in [0.29, 0.717) is 23.0 Å². The summed E-state index contributed by atoms with van der Waals surface area (Å²) in [5, 5.41) is 2.81. The second-order valence-corrected chi connectivity index (χ2v) is 7.74. The number of anilines is 2. The van der Waals surface area contributed by atoms with E-state index in [1.165, 1.54) is 16.3 Å². The molecule has 2 aromatic heterocycles. The van der Waals surface area contributed by atoms with Gasteiger partial charge >= 0.3 is 0 Å². The third-order valence-corrected chi connectivity index (χ3v) is 5.54. The van der Waals surface area contributed by atoms with Gasteiger partial charge in [-0.25, -0.2) is 4.98 Å². The van der Waals surface area contributed by atoms with Crippen molar-refractivity contribution in [2.75, 3.05) is 11.5 Å². The van der Waals surface area contributed by atoms with E-state index in [2.05, 4.69) is 10.3 Å². The summed E-state index contributed by atoms with van der Waals surface area (Å²) in [5.41, 5.74) is 13.8. The molecule has 3 aromatic rings. The van der Waals surface area contributed by atoms with Crippen molar-refractivity contribution in [2.24, 2.45) is 0 Å². The highest BCUT2D eigenvalue weighted by Crippen LogP contribution is 2.30. The van der Waals surface area contributed by atoms with E-state index in [-0.39, 0.29) is 23.7 Å². The molecule has 0 unspecified atom stereocenters. The van der Waals surface area contributed by atoms with E-state index in [9.17, 15) is 9.59 Å². The van der Waals surface area contributed by atoms with Crippen LogP contribution in [-0.2, 0) is 17.9 Å². The van der Waals surface area contributed by atoms with E-state index in [1.54, 1.807) is 13.0 Å². The molecule has 29 heavy (non-hydrogen) atoms. The van der Waals surface area contributed by atoms with Crippen LogP contribution in [0.2, 0.25) is 0 Å². The second kappa shape index (κ2) is 8.83. The molecule has 0 radical (unpaired) electrons. The molecule has 3 rings (SSSR count). The van der Waals surface area contributed by atoms with Crippen molar-refractivity contribution < 1.29 is 4.79 Å². The molecular weight excluding hydrogens is 386 g/mol. The van der Waals surface area contributed by atoms with Gasteiger partial charge in [-0.1, -0.05) is 36.0 Å². The van der Waals surface area contributed by atoms with Crippen molar-refractivity contribution in [3.05, 3.63) is 75.8 Å². The van der Waals surface area contributed by atoms with Crippen LogP contribution in [0, 0.1) is 13.8 Å². The third kappa shape index (κ3) is 4.97. The Morgan fingerprint density at radius 3 is 2.55 bits per heavy atom. The number of hydrogen-bond acceptors (Lipinski definition) is 6. The molecule has 0 saturated heterocycles. The maximum atomic E-state index is 12.7. The van der Waals surface area contributed by atoms with Gasteiger partial charge in [-0.2, -0.15) is 0 Å². The lowest BCUT2D eigenvalue weighted by molar-refractivity contribution is -0.121. The molecule has 0 aliphatic rings. The van der Waals surface area contributed by atoms with Crippen molar-refractivity contribution in [2.45, 2.75) is 36.7 Å². The molecule has 0 atom stereocenters. The molecular formula is C21H23N5O2S. The van der Waals surface area contributed by atoms with E-state index in [4.69, 9.17) is 11.5 Å². The Balaban J connectivity index is 1.72. The van der Waals surface area contributed by atoms with Crippen LogP contribution < -0.4 is 22.3 Å². The van der Waals surface area contributed by atoms with Crippen LogP contribution >= 0.6 is 11.8 Å². The first-order valence-electron chi connectivity index (χ1n) is 9.06. The minimum absolute atomic E-state index is 0.105. The molecule has 2 heterocycles. The molecule has 0 saturated carbocycles. The predicted octanol–water partition coefficient (Wildman–Crippen LogP) is 2.49. The zero-order valence-corrected chi connectivity index (χ0v) is 17.1. The number of nitrogens with zero attached hydrogens (tertiary/aromatic N) is 2. The molecule has 0 aliphatic carbocycles. The first-order chi connectivity index (χ1) is 13.8. The first-order valence-corrected chi connectivity index (χ1v) is 9.88. The molecule has 1 amide bonds. The van der Waals surface area contributed by atoms with Crippen LogP contribution in [0.25, 0.3) is 0 Å². The van der Waals surface area contributed by atoms with Gasteiger partial charge in [0, 0.05) is 27.7 Å². The van der Waals surface area contributed by atoms with E-state index >= 15 is 0 Å². The van der Waals surface area contributed by atoms with Gasteiger partial charge in [0.05, 0.1) is 0 Å². The summed E-state index contributed by atoms with van der Waals surface area (Å²) >= 11 is 1.42. The van der Waals surface area contributed by atoms with Crippen molar-refractivity contribution in [3.63, 3.8) is 0 Å². The standard InChI is InChI=1S/C21H23N5O2S/c1-13-10-17(29-16-6-4-3-5-7-16)20(23)21(28)26(13)12-19(27)24-11-15-8-9-18(22)25-14(15)2/h3-10H,11-12,23H2,1-2H3,(H2,22,25)(H,24,27). The summed E-state index contributed by atoms with van der Waals surface area (Å²) in [4.78, 5) is 31.0. The number of aromatic nitrogens is 2. The van der Waals surface area contributed by atoms with Crippen LogP contribution in [0.5, 0.6) is 0 Å². The summed E-state index contributed by atoms with van der Waals surface area (Å²) in [6, 6.07) is 15.0. The smallest absolute Gasteiger partial charge is 0.275 e. The molecule has 1 aromatic carbocycles. The zero-order chi connectivity index (χ0) is 21.0. The predicted molar refractivity (Wildman–Crippen MR) is 116 cm³/mol. The Labute approximate surface area is 173 Å². The van der Waals surface area contributed by atoms with Crippen LogP contribution in [0.1, 0.15) is 17.0 Å². The van der Waals surface area contributed by atoms with Gasteiger partial charge < -0.3 is 21.4 Å². The van der Waals surface area contributed by atoms with Gasteiger partial charge in [0.25, 0.3) is 5.56 Å². The van der Waals surface area contributed by atoms with Crippen LogP contribution in [0.3, 0.4) is 0 Å². The summed E-state index contributed by atoms with van der Waals surface area (Å²) in [5.74, 6) is 0.151. The molecule has 0 spiro atoms. The van der Waals surface area contributed by atoms with Gasteiger partial charge in [0.2, 0.25) is 5.91 Å². The lowest BCUT2D eigenvalue weighted by atomic mass is 10.2. The van der Waals surface area contributed by atoms with Gasteiger partial charge in [0.15, 0.2) is 0 Å². The molecule has 0 bridgehead atoms. The zero-order valence-electron chi connectivity index (χ0n) is 16.3. The van der Waals surface area contributed by atoms with E-state index < -0.39 is 0 Å². The number of nitrogen functional groups attached to an aromatic ring is 2. The number of carbonyl (C=O) groups excluding carboxylic acids is 1. The number of aryl methyl sites for hydroxylation is 2. The van der Waals surface area contributed by atoms with Crippen LogP contribution in [0.4, 0.5) is 11.5 Å². The monoisotopic (exact) mass is 409 g/mol. The average Bonchev–Trinajstić information content (AvgIpc) is 2.69. The van der Waals surface area contributed by atoms with Gasteiger partial charge in [-0.05, 0) is 43.7 Å². The SMILES string of the molecule is Cc1nc(N)ccc1CNC(=O)Cn1c(C)cc(Sc2ccccc2)c(N)c1=O. The van der Waals surface area contributed by atoms with Crippen molar-refractivity contribution >= 4 is 29.2 Å². The Kier molecular flexibility index (Phi) is 6.23. The van der Waals surface area contributed by atoms with Crippen LogP contribution in [-0.4, -0.2) is 15.5 Å². The highest BCUT2D eigenvalue weighted by atomic mass is 32.2. The molecule has 150 valence electrons. The fourth-order valence-electron chi connectivity index (χ4n) is 2.84. The number of pyridine rings is 2. The summed E-state index contributed by atoms with van der Waals surface area (Å²) in [6.45, 7) is 3.82. The number of carbonyl (C=O) groups is 1. The number of nitrogens with two attached hydrogens (primary N) is 2. The minimum Gasteiger partial charge on any atom is -0.393 e. The summed E-state index contributed by atoms with van der Waals surface area (Å²) in [6.07, 6.45) is 0. The van der Waals surface area contributed by atoms with E-state index in [0.717, 1.165) is 16.2 Å². The quantitative estimate of drug-likeness (QED) is 0.576. The molecule has 0 aliphatic heterocycles. The third-order valence-electron chi connectivity index (χ3n) is 4.47. The van der Waals surface area contributed by atoms with Gasteiger partial charge in [-0.3, -0.25) is 9.59 Å². The maximum absolute atomic E-state index is 12.7. The van der Waals surface area contributed by atoms with Crippen LogP contribution in [0.15, 0.2) is 63.1 Å². The topological polar surface area (TPSA) is 116 Å². The molecule has 5 N–H and O–H groups in total. The Morgan fingerprint density at radius 1 is 1.14 bits per heavy atom. The fourth-order valence-corrected chi connectivity index (χ4v) is 3.82. The Hall–Kier alpha value is -3.26. The number of hydrogen-bond donors (Lipinski definition) is 3. The highest BCUT2D eigenvalue weighted by molar-refractivity contribution is 7.99. The Bertz CT molecular complexity index is 1100. The van der Waals surface area contributed by atoms with Gasteiger partial charge in [0.1, 0.15) is 18.1 Å². The largest absolute Gasteiger partial charge is 0.393 e. The summed E-state index contributed by atoms with van der Waals surface area (Å²) < 4.78 is 1.38. The molecule has 7 nitrogen and oxygen atoms in total. The summed E-state index contributed by atoms with van der Waals surface area (Å²) in [7, 11) is 0. The number of amides is 1. The lowest BCUT2D eigenvalue weighted by Crippen LogP contribution is -2.34. The average molecular weight is 410 g/mol. The second-order valence-electron chi connectivity index (χ2n) is 6.63. The van der Waals surface area contributed by atoms with Crippen molar-refractivity contribution in [1.29, 1.82) is 0 Å². The minimum atomic E-state index is -0.371. The molecule has 8 heteroatoms. The fraction of sp³-hybridized carbons (Fsp3) is 0.190. The highest BCUT2D eigenvalue weighted by Gasteiger charge is 2.14. The first kappa shape index (κ1) is 20.5. The maximum Gasteiger partial charge on any atom is 0.275 e. The van der Waals surface area contributed by atoms with E-state index in [1.807, 2.05) is 49.4 Å². The Morgan fingerprint density at radius 2 is 1.86 bits per heavy atom. The van der Waals surface area contributed by atoms with Crippen molar-refractivity contribution in [1.82, 2.24) is 14.9 Å². The number of nitrogens with one attached hydrogen (secondary N) is 1. The van der Waals surface area contributed by atoms with Crippen molar-refractivity contribution in [3.8, 4) is 0 Å².